The third-order valence-corrected chi connectivity index (χ3v) is 6.57. The summed E-state index contributed by atoms with van der Waals surface area (Å²) in [5.74, 6) is 1.53. The number of fused-ring (bicyclic) bond motifs is 3. The van der Waals surface area contributed by atoms with E-state index in [2.05, 4.69) is 71.9 Å². The van der Waals surface area contributed by atoms with Crippen molar-refractivity contribution in [2.24, 2.45) is 0 Å². The molecule has 0 amide bonds. The minimum Gasteiger partial charge on any atom is -0.368 e. The molecule has 8 heteroatoms. The standard InChI is InChI=1S/C26H25N7S/c34-20-3-1-2-18(12-20)17-33-23-13-26(30-15-22(23)21-6-7-28-16-24(21)33)31-25-5-4-19(14-29-25)32-10-8-27-9-11-32/h1-7,12-16,27,34H,8-11,17H2,(H,29,30,31). The van der Waals surface area contributed by atoms with Gasteiger partial charge in [-0.2, -0.15) is 0 Å². The van der Waals surface area contributed by atoms with E-state index in [1.54, 1.807) is 0 Å². The lowest BCUT2D eigenvalue weighted by atomic mass is 10.2. The van der Waals surface area contributed by atoms with Crippen LogP contribution in [0.2, 0.25) is 0 Å². The van der Waals surface area contributed by atoms with Gasteiger partial charge in [0, 0.05) is 66.9 Å². The first-order chi connectivity index (χ1) is 16.7. The Morgan fingerprint density at radius 1 is 0.882 bits per heavy atom. The number of nitrogens with zero attached hydrogens (tertiary/aromatic N) is 5. The van der Waals surface area contributed by atoms with Gasteiger partial charge in [-0.05, 0) is 35.9 Å². The molecule has 0 saturated carbocycles. The molecule has 1 aliphatic heterocycles. The molecule has 2 N–H and O–H groups in total. The number of anilines is 3. The highest BCUT2D eigenvalue weighted by molar-refractivity contribution is 7.80. The fourth-order valence-corrected chi connectivity index (χ4v) is 4.86. The zero-order chi connectivity index (χ0) is 22.9. The molecule has 0 spiro atoms. The molecule has 1 aromatic carbocycles. The smallest absolute Gasteiger partial charge is 0.133 e. The molecule has 5 aromatic rings. The highest BCUT2D eigenvalue weighted by Crippen LogP contribution is 2.31. The highest BCUT2D eigenvalue weighted by Gasteiger charge is 2.14. The van der Waals surface area contributed by atoms with Gasteiger partial charge in [-0.25, -0.2) is 9.97 Å². The van der Waals surface area contributed by atoms with E-state index in [0.29, 0.717) is 0 Å². The zero-order valence-electron chi connectivity index (χ0n) is 18.6. The minimum absolute atomic E-state index is 0.723. The fourth-order valence-electron chi connectivity index (χ4n) is 4.61. The van der Waals surface area contributed by atoms with Gasteiger partial charge in [-0.15, -0.1) is 12.6 Å². The van der Waals surface area contributed by atoms with Gasteiger partial charge in [-0.3, -0.25) is 4.98 Å². The van der Waals surface area contributed by atoms with Crippen molar-refractivity contribution in [1.29, 1.82) is 0 Å². The zero-order valence-corrected chi connectivity index (χ0v) is 19.5. The van der Waals surface area contributed by atoms with Gasteiger partial charge in [-0.1, -0.05) is 12.1 Å². The first-order valence-corrected chi connectivity index (χ1v) is 11.9. The molecule has 170 valence electrons. The highest BCUT2D eigenvalue weighted by atomic mass is 32.1. The summed E-state index contributed by atoms with van der Waals surface area (Å²) in [7, 11) is 0. The average molecular weight is 468 g/mol. The third-order valence-electron chi connectivity index (χ3n) is 6.29. The maximum Gasteiger partial charge on any atom is 0.133 e. The van der Waals surface area contributed by atoms with Crippen molar-refractivity contribution in [1.82, 2.24) is 24.8 Å². The number of hydrogen-bond donors (Lipinski definition) is 3. The number of thiol groups is 1. The van der Waals surface area contributed by atoms with Gasteiger partial charge in [0.15, 0.2) is 0 Å². The topological polar surface area (TPSA) is 70.9 Å². The van der Waals surface area contributed by atoms with E-state index in [4.69, 9.17) is 0 Å². The van der Waals surface area contributed by atoms with Crippen LogP contribution in [0.25, 0.3) is 21.8 Å². The second-order valence-electron chi connectivity index (χ2n) is 8.50. The van der Waals surface area contributed by atoms with E-state index in [-0.39, 0.29) is 0 Å². The molecule has 6 rings (SSSR count). The lowest BCUT2D eigenvalue weighted by Crippen LogP contribution is -2.43. The largest absolute Gasteiger partial charge is 0.368 e. The molecule has 0 radical (unpaired) electrons. The molecule has 1 saturated heterocycles. The lowest BCUT2D eigenvalue weighted by Gasteiger charge is -2.29. The summed E-state index contributed by atoms with van der Waals surface area (Å²) in [5.41, 5.74) is 4.52. The van der Waals surface area contributed by atoms with Crippen molar-refractivity contribution in [2.75, 3.05) is 36.4 Å². The average Bonchev–Trinajstić information content (AvgIpc) is 3.18. The lowest BCUT2D eigenvalue weighted by molar-refractivity contribution is 0.589. The minimum atomic E-state index is 0.723. The van der Waals surface area contributed by atoms with E-state index >= 15 is 0 Å². The molecule has 1 aliphatic rings. The molecule has 1 fully saturated rings. The fraction of sp³-hybridized carbons (Fsp3) is 0.192. The predicted molar refractivity (Wildman–Crippen MR) is 140 cm³/mol. The van der Waals surface area contributed by atoms with Crippen LogP contribution in [0.3, 0.4) is 0 Å². The number of rotatable bonds is 5. The van der Waals surface area contributed by atoms with Crippen LogP contribution < -0.4 is 15.5 Å². The summed E-state index contributed by atoms with van der Waals surface area (Å²) in [4.78, 5) is 17.0. The van der Waals surface area contributed by atoms with Gasteiger partial charge >= 0.3 is 0 Å². The van der Waals surface area contributed by atoms with E-state index in [1.165, 1.54) is 5.56 Å². The van der Waals surface area contributed by atoms with E-state index in [1.807, 2.05) is 49.1 Å². The molecule has 5 heterocycles. The van der Waals surface area contributed by atoms with E-state index in [9.17, 15) is 0 Å². The van der Waals surface area contributed by atoms with Gasteiger partial charge in [0.05, 0.1) is 29.1 Å². The van der Waals surface area contributed by atoms with Crippen LogP contribution in [-0.4, -0.2) is 45.7 Å². The molecule has 0 unspecified atom stereocenters. The molecule has 0 aliphatic carbocycles. The molecular weight excluding hydrogens is 442 g/mol. The molecule has 4 aromatic heterocycles. The van der Waals surface area contributed by atoms with Gasteiger partial charge in [0.2, 0.25) is 0 Å². The van der Waals surface area contributed by atoms with E-state index < -0.39 is 0 Å². The summed E-state index contributed by atoms with van der Waals surface area (Å²) in [6.45, 7) is 4.74. The molecule has 34 heavy (non-hydrogen) atoms. The van der Waals surface area contributed by atoms with Crippen molar-refractivity contribution < 1.29 is 0 Å². The molecule has 0 bridgehead atoms. The quantitative estimate of drug-likeness (QED) is 0.331. The van der Waals surface area contributed by atoms with Crippen molar-refractivity contribution in [3.05, 3.63) is 78.9 Å². The Hall–Kier alpha value is -3.62. The molecular formula is C26H25N7S. The Kier molecular flexibility index (Phi) is 5.52. The second kappa shape index (κ2) is 8.96. The number of pyridine rings is 3. The number of benzene rings is 1. The summed E-state index contributed by atoms with van der Waals surface area (Å²) in [6.07, 6.45) is 7.61. The van der Waals surface area contributed by atoms with Crippen molar-refractivity contribution in [3.8, 4) is 0 Å². The van der Waals surface area contributed by atoms with Crippen molar-refractivity contribution in [2.45, 2.75) is 11.4 Å². The van der Waals surface area contributed by atoms with Crippen molar-refractivity contribution in [3.63, 3.8) is 0 Å². The van der Waals surface area contributed by atoms with Crippen LogP contribution in [0.4, 0.5) is 17.3 Å². The maximum absolute atomic E-state index is 4.68. The monoisotopic (exact) mass is 467 g/mol. The Labute approximate surface area is 203 Å². The van der Waals surface area contributed by atoms with Crippen LogP contribution in [-0.2, 0) is 6.54 Å². The molecule has 0 atom stereocenters. The Morgan fingerprint density at radius 2 is 1.76 bits per heavy atom. The van der Waals surface area contributed by atoms with Crippen LogP contribution in [0.1, 0.15) is 5.56 Å². The normalized spacial score (nSPS) is 14.1. The molecule has 7 nitrogen and oxygen atoms in total. The van der Waals surface area contributed by atoms with Crippen LogP contribution >= 0.6 is 12.6 Å². The summed E-state index contributed by atoms with van der Waals surface area (Å²) in [6, 6.07) is 16.5. The number of piperazine rings is 1. The van der Waals surface area contributed by atoms with Gasteiger partial charge in [0.1, 0.15) is 11.6 Å². The SMILES string of the molecule is Sc1cccc(Cn2c3cnccc3c3cnc(Nc4ccc(N5CCNCC5)cn4)cc32)c1. The van der Waals surface area contributed by atoms with Gasteiger partial charge < -0.3 is 20.1 Å². The van der Waals surface area contributed by atoms with Gasteiger partial charge in [0.25, 0.3) is 0 Å². The van der Waals surface area contributed by atoms with E-state index in [0.717, 1.165) is 76.7 Å². The summed E-state index contributed by atoms with van der Waals surface area (Å²) in [5, 5.41) is 9.01. The second-order valence-corrected chi connectivity index (χ2v) is 9.02. The number of nitrogens with one attached hydrogen (secondary N) is 2. The van der Waals surface area contributed by atoms with Crippen LogP contribution in [0.5, 0.6) is 0 Å². The Morgan fingerprint density at radius 3 is 2.59 bits per heavy atom. The Bertz CT molecular complexity index is 1460. The first kappa shape index (κ1) is 20.9. The van der Waals surface area contributed by atoms with Crippen LogP contribution in [0.15, 0.2) is 78.2 Å². The number of hydrogen-bond acceptors (Lipinski definition) is 7. The number of aromatic nitrogens is 4. The third kappa shape index (κ3) is 4.06. The summed E-state index contributed by atoms with van der Waals surface area (Å²) < 4.78 is 2.29. The maximum atomic E-state index is 4.68. The summed E-state index contributed by atoms with van der Waals surface area (Å²) >= 11 is 4.51. The predicted octanol–water partition coefficient (Wildman–Crippen LogP) is 4.47. The van der Waals surface area contributed by atoms with Crippen molar-refractivity contribution >= 4 is 51.8 Å². The first-order valence-electron chi connectivity index (χ1n) is 11.4. The van der Waals surface area contributed by atoms with Crippen LogP contribution in [0, 0.1) is 0 Å². The Balaban J connectivity index is 1.34.